The van der Waals surface area contributed by atoms with Crippen LogP contribution in [-0.4, -0.2) is 37.9 Å². The number of rotatable bonds is 9. The topological polar surface area (TPSA) is 58.6 Å². The smallest absolute Gasteiger partial charge is 0.219 e. The highest BCUT2D eigenvalue weighted by molar-refractivity contribution is 5.75. The lowest BCUT2D eigenvalue weighted by molar-refractivity contribution is -0.121. The van der Waals surface area contributed by atoms with Gasteiger partial charge < -0.3 is 15.2 Å². The summed E-state index contributed by atoms with van der Waals surface area (Å²) in [5, 5.41) is 11.3. The van der Waals surface area contributed by atoms with Gasteiger partial charge in [-0.25, -0.2) is 0 Å². The number of ether oxygens (including phenoxy) is 1. The fourth-order valence-corrected chi connectivity index (χ4v) is 1.11. The third-order valence-electron chi connectivity index (χ3n) is 1.91. The molecule has 2 N–H and O–H groups in total. The molecule has 0 atom stereocenters. The van der Waals surface area contributed by atoms with Crippen LogP contribution in [0.5, 0.6) is 0 Å². The predicted molar refractivity (Wildman–Crippen MR) is 55.1 cm³/mol. The highest BCUT2D eigenvalue weighted by atomic mass is 16.5. The molecule has 0 saturated carbocycles. The minimum Gasteiger partial charge on any atom is -0.396 e. The second-order valence-electron chi connectivity index (χ2n) is 3.23. The number of carbonyl (C=O) groups is 1. The van der Waals surface area contributed by atoms with Crippen molar-refractivity contribution in [2.45, 2.75) is 32.1 Å². The summed E-state index contributed by atoms with van der Waals surface area (Å²) in [4.78, 5) is 11.2. The van der Waals surface area contributed by atoms with Crippen LogP contribution < -0.4 is 5.32 Å². The van der Waals surface area contributed by atoms with Gasteiger partial charge in [-0.2, -0.15) is 0 Å². The molecule has 84 valence electrons. The molecule has 0 fully saturated rings. The van der Waals surface area contributed by atoms with Gasteiger partial charge in [0.2, 0.25) is 5.91 Å². The van der Waals surface area contributed by atoms with Crippen LogP contribution in [0.4, 0.5) is 0 Å². The van der Waals surface area contributed by atoms with Gasteiger partial charge in [0.1, 0.15) is 0 Å². The van der Waals surface area contributed by atoms with Crippen LogP contribution >= 0.6 is 0 Å². The van der Waals surface area contributed by atoms with E-state index in [1.54, 1.807) is 7.11 Å². The van der Waals surface area contributed by atoms with Gasteiger partial charge in [-0.15, -0.1) is 0 Å². The number of unbranched alkanes of at least 4 members (excludes halogenated alkanes) is 2. The van der Waals surface area contributed by atoms with Crippen molar-refractivity contribution in [2.75, 3.05) is 26.9 Å². The molecule has 0 unspecified atom stereocenters. The molecule has 0 aliphatic carbocycles. The first-order valence-electron chi connectivity index (χ1n) is 5.17. The van der Waals surface area contributed by atoms with Crippen LogP contribution in [-0.2, 0) is 9.53 Å². The molecular weight excluding hydrogens is 182 g/mol. The Bertz CT molecular complexity index is 125. The minimum atomic E-state index is 0.0963. The van der Waals surface area contributed by atoms with Crippen LogP contribution in [0.1, 0.15) is 32.1 Å². The predicted octanol–water partition coefficient (Wildman–Crippen LogP) is 0.692. The van der Waals surface area contributed by atoms with Crippen molar-refractivity contribution < 1.29 is 14.6 Å². The third-order valence-corrected chi connectivity index (χ3v) is 1.91. The normalized spacial score (nSPS) is 10.1. The summed E-state index contributed by atoms with van der Waals surface area (Å²) in [5.41, 5.74) is 0. The summed E-state index contributed by atoms with van der Waals surface area (Å²) in [5.74, 6) is 0.0963. The molecule has 4 heteroatoms. The Balaban J connectivity index is 3.11. The molecular formula is C10H21NO3. The summed E-state index contributed by atoms with van der Waals surface area (Å²) in [7, 11) is 1.65. The fourth-order valence-electron chi connectivity index (χ4n) is 1.11. The molecule has 14 heavy (non-hydrogen) atoms. The van der Waals surface area contributed by atoms with E-state index < -0.39 is 0 Å². The van der Waals surface area contributed by atoms with E-state index in [4.69, 9.17) is 9.84 Å². The molecule has 0 bridgehead atoms. The van der Waals surface area contributed by atoms with Crippen molar-refractivity contribution in [3.63, 3.8) is 0 Å². The van der Waals surface area contributed by atoms with E-state index in [0.29, 0.717) is 19.6 Å². The Morgan fingerprint density at radius 2 is 2.07 bits per heavy atom. The van der Waals surface area contributed by atoms with E-state index in [1.165, 1.54) is 0 Å². The van der Waals surface area contributed by atoms with Gasteiger partial charge >= 0.3 is 0 Å². The maximum Gasteiger partial charge on any atom is 0.219 e. The first-order valence-corrected chi connectivity index (χ1v) is 5.17. The number of methoxy groups -OCH3 is 1. The summed E-state index contributed by atoms with van der Waals surface area (Å²) in [6.07, 6.45) is 3.99. The van der Waals surface area contributed by atoms with Gasteiger partial charge in [0.15, 0.2) is 0 Å². The Morgan fingerprint density at radius 3 is 2.71 bits per heavy atom. The van der Waals surface area contributed by atoms with Gasteiger partial charge in [0.25, 0.3) is 0 Å². The number of aliphatic hydroxyl groups excluding tert-OH is 1. The number of hydrogen-bond acceptors (Lipinski definition) is 3. The first-order chi connectivity index (χ1) is 6.81. The van der Waals surface area contributed by atoms with Crippen molar-refractivity contribution in [1.29, 1.82) is 0 Å². The zero-order valence-corrected chi connectivity index (χ0v) is 8.92. The fraction of sp³-hybridized carbons (Fsp3) is 0.900. The molecule has 0 rings (SSSR count). The number of carbonyl (C=O) groups excluding carboxylic acids is 1. The monoisotopic (exact) mass is 203 g/mol. The number of hydrogen-bond donors (Lipinski definition) is 2. The molecule has 0 saturated heterocycles. The highest BCUT2D eigenvalue weighted by Gasteiger charge is 1.99. The van der Waals surface area contributed by atoms with Crippen LogP contribution in [0.15, 0.2) is 0 Å². The SMILES string of the molecule is COCCCNC(=O)CCCCCO. The molecule has 0 spiro atoms. The van der Waals surface area contributed by atoms with Crippen LogP contribution in [0.3, 0.4) is 0 Å². The van der Waals surface area contributed by atoms with Crippen LogP contribution in [0.25, 0.3) is 0 Å². The third kappa shape index (κ3) is 9.48. The second kappa shape index (κ2) is 10.5. The number of amides is 1. The molecule has 4 nitrogen and oxygen atoms in total. The Labute approximate surface area is 85.6 Å². The quantitative estimate of drug-likeness (QED) is 0.542. The number of nitrogens with one attached hydrogen (secondary N) is 1. The molecule has 0 radical (unpaired) electrons. The first kappa shape index (κ1) is 13.4. The maximum atomic E-state index is 11.2. The lowest BCUT2D eigenvalue weighted by Crippen LogP contribution is -2.24. The van der Waals surface area contributed by atoms with Crippen LogP contribution in [0, 0.1) is 0 Å². The lowest BCUT2D eigenvalue weighted by atomic mass is 10.2. The van der Waals surface area contributed by atoms with Gasteiger partial charge in [-0.1, -0.05) is 6.42 Å². The molecule has 1 amide bonds. The van der Waals surface area contributed by atoms with Gasteiger partial charge in [-0.3, -0.25) is 4.79 Å². The van der Waals surface area contributed by atoms with Gasteiger partial charge in [0, 0.05) is 33.3 Å². The number of aliphatic hydroxyl groups is 1. The molecule has 0 heterocycles. The van der Waals surface area contributed by atoms with Crippen molar-refractivity contribution >= 4 is 5.91 Å². The molecule has 0 aromatic heterocycles. The molecule has 0 aromatic carbocycles. The molecule has 0 aliphatic heterocycles. The standard InChI is InChI=1S/C10H21NO3/c1-14-9-5-7-11-10(13)6-3-2-4-8-12/h12H,2-9H2,1H3,(H,11,13). The van der Waals surface area contributed by atoms with E-state index in [1.807, 2.05) is 0 Å². The molecule has 0 aliphatic rings. The molecule has 0 aromatic rings. The maximum absolute atomic E-state index is 11.2. The van der Waals surface area contributed by atoms with Crippen molar-refractivity contribution in [1.82, 2.24) is 5.32 Å². The minimum absolute atomic E-state index is 0.0963. The largest absolute Gasteiger partial charge is 0.396 e. The summed E-state index contributed by atoms with van der Waals surface area (Å²) in [6.45, 7) is 1.59. The lowest BCUT2D eigenvalue weighted by Gasteiger charge is -2.04. The van der Waals surface area contributed by atoms with E-state index in [0.717, 1.165) is 25.7 Å². The van der Waals surface area contributed by atoms with E-state index in [2.05, 4.69) is 5.32 Å². The Morgan fingerprint density at radius 1 is 1.29 bits per heavy atom. The van der Waals surface area contributed by atoms with E-state index in [9.17, 15) is 4.79 Å². The van der Waals surface area contributed by atoms with Crippen LogP contribution in [0.2, 0.25) is 0 Å². The van der Waals surface area contributed by atoms with Crippen molar-refractivity contribution in [3.8, 4) is 0 Å². The zero-order valence-electron chi connectivity index (χ0n) is 8.92. The Kier molecular flexibility index (Phi) is 10.0. The highest BCUT2D eigenvalue weighted by Crippen LogP contribution is 1.98. The summed E-state index contributed by atoms with van der Waals surface area (Å²) < 4.78 is 4.86. The average Bonchev–Trinajstić information content (AvgIpc) is 2.19. The van der Waals surface area contributed by atoms with Gasteiger partial charge in [0.05, 0.1) is 0 Å². The second-order valence-corrected chi connectivity index (χ2v) is 3.23. The summed E-state index contributed by atoms with van der Waals surface area (Å²) in [6, 6.07) is 0. The van der Waals surface area contributed by atoms with E-state index >= 15 is 0 Å². The van der Waals surface area contributed by atoms with Crippen molar-refractivity contribution in [2.24, 2.45) is 0 Å². The Hall–Kier alpha value is -0.610. The zero-order chi connectivity index (χ0) is 10.6. The van der Waals surface area contributed by atoms with Crippen molar-refractivity contribution in [3.05, 3.63) is 0 Å². The van der Waals surface area contributed by atoms with Gasteiger partial charge in [-0.05, 0) is 19.3 Å². The van der Waals surface area contributed by atoms with E-state index in [-0.39, 0.29) is 12.5 Å². The summed E-state index contributed by atoms with van der Waals surface area (Å²) >= 11 is 0. The average molecular weight is 203 g/mol.